The van der Waals surface area contributed by atoms with Crippen LogP contribution in [-0.2, 0) is 9.53 Å². The normalized spacial score (nSPS) is 12.3. The SMILES string of the molecule is COC(CNC(=O)c1c(C)[nH]c2ccccc12)C(=O)O. The number of benzene rings is 1. The second-order valence-corrected chi connectivity index (χ2v) is 4.44. The number of nitrogens with one attached hydrogen (secondary N) is 2. The third kappa shape index (κ3) is 2.65. The van der Waals surface area contributed by atoms with E-state index in [1.54, 1.807) is 6.92 Å². The molecule has 0 bridgehead atoms. The molecule has 6 heteroatoms. The Morgan fingerprint density at radius 1 is 1.40 bits per heavy atom. The largest absolute Gasteiger partial charge is 0.479 e. The number of fused-ring (bicyclic) bond motifs is 1. The maximum atomic E-state index is 12.2. The molecular formula is C14H16N2O4. The van der Waals surface area contributed by atoms with Crippen LogP contribution < -0.4 is 5.32 Å². The van der Waals surface area contributed by atoms with Crippen LogP contribution in [0.1, 0.15) is 16.1 Å². The van der Waals surface area contributed by atoms with E-state index in [9.17, 15) is 9.59 Å². The zero-order chi connectivity index (χ0) is 14.7. The number of aliphatic carboxylic acids is 1. The Balaban J connectivity index is 2.19. The van der Waals surface area contributed by atoms with Crippen molar-refractivity contribution in [3.8, 4) is 0 Å². The van der Waals surface area contributed by atoms with Crippen molar-refractivity contribution in [2.45, 2.75) is 13.0 Å². The Kier molecular flexibility index (Phi) is 4.05. The van der Waals surface area contributed by atoms with Crippen LogP contribution in [0, 0.1) is 6.92 Å². The number of carboxylic acids is 1. The highest BCUT2D eigenvalue weighted by atomic mass is 16.5. The van der Waals surface area contributed by atoms with Crippen molar-refractivity contribution >= 4 is 22.8 Å². The smallest absolute Gasteiger partial charge is 0.334 e. The Labute approximate surface area is 115 Å². The van der Waals surface area contributed by atoms with Crippen LogP contribution in [0.15, 0.2) is 24.3 Å². The number of carbonyl (C=O) groups is 2. The molecule has 1 amide bonds. The van der Waals surface area contributed by atoms with Crippen LogP contribution in [0.3, 0.4) is 0 Å². The number of hydrogen-bond donors (Lipinski definition) is 3. The van der Waals surface area contributed by atoms with E-state index in [-0.39, 0.29) is 12.5 Å². The predicted octanol–water partition coefficient (Wildman–Crippen LogP) is 1.31. The van der Waals surface area contributed by atoms with Gasteiger partial charge in [-0.25, -0.2) is 4.79 Å². The van der Waals surface area contributed by atoms with Crippen molar-refractivity contribution in [2.24, 2.45) is 0 Å². The summed E-state index contributed by atoms with van der Waals surface area (Å²) in [6.45, 7) is 1.73. The molecule has 3 N–H and O–H groups in total. The second kappa shape index (κ2) is 5.75. The molecule has 1 atom stereocenters. The Bertz CT molecular complexity index is 648. The molecule has 0 spiro atoms. The standard InChI is InChI=1S/C14H16N2O4/c1-8-12(9-5-3-4-6-10(9)16-8)13(17)15-7-11(20-2)14(18)19/h3-6,11,16H,7H2,1-2H3,(H,15,17)(H,18,19). The van der Waals surface area contributed by atoms with Crippen LogP contribution in [0.5, 0.6) is 0 Å². The van der Waals surface area contributed by atoms with Crippen LogP contribution in [0.25, 0.3) is 10.9 Å². The van der Waals surface area contributed by atoms with Crippen molar-refractivity contribution < 1.29 is 19.4 Å². The number of aryl methyl sites for hydroxylation is 1. The zero-order valence-corrected chi connectivity index (χ0v) is 11.3. The third-order valence-corrected chi connectivity index (χ3v) is 3.13. The predicted molar refractivity (Wildman–Crippen MR) is 73.8 cm³/mol. The van der Waals surface area contributed by atoms with E-state index >= 15 is 0 Å². The van der Waals surface area contributed by atoms with Gasteiger partial charge in [0.25, 0.3) is 5.91 Å². The van der Waals surface area contributed by atoms with Gasteiger partial charge < -0.3 is 20.1 Å². The molecule has 1 aromatic heterocycles. The molecule has 2 rings (SSSR count). The monoisotopic (exact) mass is 276 g/mol. The molecule has 1 aromatic carbocycles. The molecule has 0 saturated carbocycles. The molecule has 1 heterocycles. The summed E-state index contributed by atoms with van der Waals surface area (Å²) in [5.41, 5.74) is 2.14. The van der Waals surface area contributed by atoms with Gasteiger partial charge in [0, 0.05) is 23.7 Å². The average Bonchev–Trinajstić information content (AvgIpc) is 2.74. The lowest BCUT2D eigenvalue weighted by atomic mass is 10.1. The summed E-state index contributed by atoms with van der Waals surface area (Å²) in [6, 6.07) is 7.46. The van der Waals surface area contributed by atoms with E-state index in [1.165, 1.54) is 7.11 Å². The van der Waals surface area contributed by atoms with Crippen molar-refractivity contribution in [2.75, 3.05) is 13.7 Å². The Hall–Kier alpha value is -2.34. The van der Waals surface area contributed by atoms with Crippen LogP contribution in [-0.4, -0.2) is 41.7 Å². The first-order valence-electron chi connectivity index (χ1n) is 6.15. The fourth-order valence-corrected chi connectivity index (χ4v) is 2.11. The molecule has 0 aliphatic heterocycles. The highest BCUT2D eigenvalue weighted by molar-refractivity contribution is 6.08. The molecular weight excluding hydrogens is 260 g/mol. The van der Waals surface area contributed by atoms with E-state index in [2.05, 4.69) is 10.3 Å². The van der Waals surface area contributed by atoms with Gasteiger partial charge in [0.2, 0.25) is 0 Å². The summed E-state index contributed by atoms with van der Waals surface area (Å²) < 4.78 is 4.78. The van der Waals surface area contributed by atoms with Crippen molar-refractivity contribution in [3.63, 3.8) is 0 Å². The molecule has 1 unspecified atom stereocenters. The van der Waals surface area contributed by atoms with Crippen molar-refractivity contribution in [1.29, 1.82) is 0 Å². The highest BCUT2D eigenvalue weighted by Gasteiger charge is 2.20. The molecule has 106 valence electrons. The number of carboxylic acid groups (broad SMARTS) is 1. The maximum absolute atomic E-state index is 12.2. The first-order chi connectivity index (χ1) is 9.54. The van der Waals surface area contributed by atoms with E-state index in [0.29, 0.717) is 5.56 Å². The molecule has 20 heavy (non-hydrogen) atoms. The van der Waals surface area contributed by atoms with Gasteiger partial charge in [-0.1, -0.05) is 18.2 Å². The van der Waals surface area contributed by atoms with Crippen molar-refractivity contribution in [1.82, 2.24) is 10.3 Å². The number of methoxy groups -OCH3 is 1. The van der Waals surface area contributed by atoms with Gasteiger partial charge in [-0.15, -0.1) is 0 Å². The van der Waals surface area contributed by atoms with E-state index < -0.39 is 12.1 Å². The average molecular weight is 276 g/mol. The molecule has 0 radical (unpaired) electrons. The van der Waals surface area contributed by atoms with Gasteiger partial charge in [0.15, 0.2) is 6.10 Å². The number of carbonyl (C=O) groups excluding carboxylic acids is 1. The fraction of sp³-hybridized carbons (Fsp3) is 0.286. The maximum Gasteiger partial charge on any atom is 0.334 e. The minimum absolute atomic E-state index is 0.0797. The summed E-state index contributed by atoms with van der Waals surface area (Å²) in [7, 11) is 1.29. The number of ether oxygens (including phenoxy) is 1. The minimum atomic E-state index is -1.11. The first kappa shape index (κ1) is 14.1. The number of hydrogen-bond acceptors (Lipinski definition) is 3. The molecule has 2 aromatic rings. The van der Waals surface area contributed by atoms with E-state index in [1.807, 2.05) is 24.3 Å². The lowest BCUT2D eigenvalue weighted by Crippen LogP contribution is -2.38. The number of amides is 1. The summed E-state index contributed by atoms with van der Waals surface area (Å²) >= 11 is 0. The van der Waals surface area contributed by atoms with E-state index in [0.717, 1.165) is 16.6 Å². The van der Waals surface area contributed by atoms with Gasteiger partial charge in [0.1, 0.15) is 0 Å². The van der Waals surface area contributed by atoms with Crippen LogP contribution in [0.4, 0.5) is 0 Å². The van der Waals surface area contributed by atoms with Crippen LogP contribution >= 0.6 is 0 Å². The summed E-state index contributed by atoms with van der Waals surface area (Å²) in [4.78, 5) is 26.2. The minimum Gasteiger partial charge on any atom is -0.479 e. The number of aromatic nitrogens is 1. The van der Waals surface area contributed by atoms with Gasteiger partial charge in [-0.05, 0) is 13.0 Å². The fourth-order valence-electron chi connectivity index (χ4n) is 2.11. The molecule has 0 fully saturated rings. The number of rotatable bonds is 5. The number of H-pyrrole nitrogens is 1. The topological polar surface area (TPSA) is 91.4 Å². The third-order valence-electron chi connectivity index (χ3n) is 3.13. The number of aromatic amines is 1. The summed E-state index contributed by atoms with van der Waals surface area (Å²) in [5.74, 6) is -1.42. The number of para-hydroxylation sites is 1. The second-order valence-electron chi connectivity index (χ2n) is 4.44. The van der Waals surface area contributed by atoms with E-state index in [4.69, 9.17) is 9.84 Å². The molecule has 0 aliphatic carbocycles. The van der Waals surface area contributed by atoms with Gasteiger partial charge in [-0.2, -0.15) is 0 Å². The van der Waals surface area contributed by atoms with Gasteiger partial charge >= 0.3 is 5.97 Å². The van der Waals surface area contributed by atoms with Crippen molar-refractivity contribution in [3.05, 3.63) is 35.5 Å². The molecule has 0 aliphatic rings. The first-order valence-corrected chi connectivity index (χ1v) is 6.15. The summed E-state index contributed by atoms with van der Waals surface area (Å²) in [6.07, 6.45) is -1.05. The van der Waals surface area contributed by atoms with Gasteiger partial charge in [0.05, 0.1) is 12.1 Å². The summed E-state index contributed by atoms with van der Waals surface area (Å²) in [5, 5.41) is 12.3. The van der Waals surface area contributed by atoms with Gasteiger partial charge in [-0.3, -0.25) is 4.79 Å². The lowest BCUT2D eigenvalue weighted by molar-refractivity contribution is -0.147. The lowest BCUT2D eigenvalue weighted by Gasteiger charge is -2.11. The Morgan fingerprint density at radius 3 is 2.75 bits per heavy atom. The highest BCUT2D eigenvalue weighted by Crippen LogP contribution is 2.21. The Morgan fingerprint density at radius 2 is 2.10 bits per heavy atom. The molecule has 6 nitrogen and oxygen atoms in total. The molecule has 0 saturated heterocycles. The zero-order valence-electron chi connectivity index (χ0n) is 11.3. The van der Waals surface area contributed by atoms with Crippen LogP contribution in [0.2, 0.25) is 0 Å². The quantitative estimate of drug-likeness (QED) is 0.767.